The first-order chi connectivity index (χ1) is 18.6. The highest BCUT2D eigenvalue weighted by Crippen LogP contribution is 2.44. The van der Waals surface area contributed by atoms with E-state index in [0.717, 1.165) is 11.1 Å². The number of likely N-dealkylation sites (tertiary alicyclic amines) is 1. The van der Waals surface area contributed by atoms with Crippen LogP contribution in [0.5, 0.6) is 0 Å². The number of rotatable bonds is 7. The molecule has 0 saturated carbocycles. The number of ether oxygens (including phenoxy) is 1. The van der Waals surface area contributed by atoms with E-state index >= 15 is 0 Å². The van der Waals surface area contributed by atoms with Crippen LogP contribution in [0, 0.1) is 11.8 Å². The number of allylic oxidation sites excluding steroid dienone is 5. The van der Waals surface area contributed by atoms with Crippen molar-refractivity contribution in [2.45, 2.75) is 55.1 Å². The van der Waals surface area contributed by atoms with Crippen molar-refractivity contribution < 1.29 is 40.6 Å². The number of halogens is 8. The normalized spacial score (nSPS) is 26.2. The van der Waals surface area contributed by atoms with Crippen molar-refractivity contribution in [1.29, 1.82) is 0 Å². The Morgan fingerprint density at radius 3 is 2.35 bits per heavy atom. The fourth-order valence-corrected chi connectivity index (χ4v) is 6.58. The summed E-state index contributed by atoms with van der Waals surface area (Å²) in [6.45, 7) is 3.33. The lowest BCUT2D eigenvalue weighted by Crippen LogP contribution is -2.37. The molecule has 0 bridgehead atoms. The number of nitrogens with zero attached hydrogens (tertiary/aromatic N) is 2. The van der Waals surface area contributed by atoms with Crippen molar-refractivity contribution in [2.75, 3.05) is 6.54 Å². The van der Waals surface area contributed by atoms with E-state index in [0.29, 0.717) is 18.6 Å². The third-order valence-electron chi connectivity index (χ3n) is 7.19. The van der Waals surface area contributed by atoms with Crippen LogP contribution in [0.1, 0.15) is 48.6 Å². The van der Waals surface area contributed by atoms with Crippen molar-refractivity contribution in [3.05, 3.63) is 83.0 Å². The Labute approximate surface area is 239 Å². The molecule has 4 rings (SSSR count). The smallest absolute Gasteiger partial charge is 0.375 e. The van der Waals surface area contributed by atoms with E-state index in [1.165, 1.54) is 19.1 Å². The van der Waals surface area contributed by atoms with Crippen molar-refractivity contribution in [2.24, 2.45) is 11.8 Å². The Kier molecular flexibility index (Phi) is 9.17. The minimum atomic E-state index is -4.98. The number of aliphatic hydroxyl groups excluding tert-OH is 1. The molecule has 0 spiro atoms. The van der Waals surface area contributed by atoms with Crippen molar-refractivity contribution in [3.63, 3.8) is 0 Å². The molecule has 2 N–H and O–H groups in total. The topological polar surface area (TPSA) is 61.4 Å². The molecule has 2 heterocycles. The minimum Gasteiger partial charge on any atom is -0.375 e. The summed E-state index contributed by atoms with van der Waals surface area (Å²) < 4.78 is 100. The molecule has 2 aliphatic rings. The molecule has 0 amide bonds. The lowest BCUT2D eigenvalue weighted by Gasteiger charge is -2.31. The SMILES string of the molecule is C/C(=C\[C@@H](O)N1C[C@H](O[C@H](C)c2cc(C(F)(F)F)cc(C(F)(F)F)c2)C(C2C=CC(F)=CC2)C1I)c1cn[nH]c1. The molecule has 3 unspecified atom stereocenters. The van der Waals surface area contributed by atoms with E-state index < -0.39 is 47.7 Å². The van der Waals surface area contributed by atoms with Crippen LogP contribution in [0.3, 0.4) is 0 Å². The quantitative estimate of drug-likeness (QED) is 0.138. The highest BCUT2D eigenvalue weighted by atomic mass is 127. The highest BCUT2D eigenvalue weighted by Gasteiger charge is 2.47. The number of alkyl halides is 7. The molecule has 1 aromatic carbocycles. The Morgan fingerprint density at radius 2 is 1.82 bits per heavy atom. The lowest BCUT2D eigenvalue weighted by atomic mass is 9.84. The van der Waals surface area contributed by atoms with Crippen molar-refractivity contribution in [3.8, 4) is 0 Å². The van der Waals surface area contributed by atoms with Crippen LogP contribution in [0.4, 0.5) is 30.7 Å². The van der Waals surface area contributed by atoms with Crippen molar-refractivity contribution in [1.82, 2.24) is 15.1 Å². The number of hydrogen-bond acceptors (Lipinski definition) is 4. The highest BCUT2D eigenvalue weighted by molar-refractivity contribution is 14.1. The largest absolute Gasteiger partial charge is 0.416 e. The molecule has 1 fully saturated rings. The average Bonchev–Trinajstić information content (AvgIpc) is 3.52. The molecule has 6 atom stereocenters. The Morgan fingerprint density at radius 1 is 1.18 bits per heavy atom. The molecule has 40 heavy (non-hydrogen) atoms. The summed E-state index contributed by atoms with van der Waals surface area (Å²) >= 11 is 2.14. The molecule has 1 aliphatic heterocycles. The molecular formula is C27H27F7IN3O2. The predicted molar refractivity (Wildman–Crippen MR) is 142 cm³/mol. The molecule has 1 aromatic heterocycles. The van der Waals surface area contributed by atoms with Gasteiger partial charge in [0, 0.05) is 24.2 Å². The molecule has 1 saturated heterocycles. The zero-order chi connectivity index (χ0) is 29.4. The predicted octanol–water partition coefficient (Wildman–Crippen LogP) is 7.44. The first kappa shape index (κ1) is 30.7. The van der Waals surface area contributed by atoms with Gasteiger partial charge in [0.15, 0.2) is 0 Å². The van der Waals surface area contributed by atoms with Gasteiger partial charge in [-0.3, -0.25) is 10.00 Å². The number of aromatic amines is 1. The van der Waals surface area contributed by atoms with E-state index in [2.05, 4.69) is 32.8 Å². The molecule has 2 aromatic rings. The zero-order valence-electron chi connectivity index (χ0n) is 21.3. The Balaban J connectivity index is 1.63. The van der Waals surface area contributed by atoms with E-state index in [1.807, 2.05) is 0 Å². The standard InChI is InChI=1S/C27H27F7IN3O2/c1-14(18-11-36-37-12-18)7-23(39)38-13-22(24(25(38)35)16-3-5-21(28)6-4-16)40-15(2)17-8-19(26(29,30)31)10-20(9-17)27(32,33)34/h3,5-12,15-16,22-25,39H,4,13H2,1-2H3,(H,36,37)/b14-7+/t15-,16?,22+,23-,24?,25?/m1/s1. The Hall–Kier alpha value is -2.23. The molecule has 1 aliphatic carbocycles. The summed E-state index contributed by atoms with van der Waals surface area (Å²) in [6.07, 6.45) is -3.24. The summed E-state index contributed by atoms with van der Waals surface area (Å²) in [5.41, 5.74) is -1.61. The third-order valence-corrected chi connectivity index (χ3v) is 8.73. The number of nitrogens with one attached hydrogen (secondary N) is 1. The third kappa shape index (κ3) is 6.97. The summed E-state index contributed by atoms with van der Waals surface area (Å²) in [7, 11) is 0. The van der Waals surface area contributed by atoms with Crippen LogP contribution in [-0.4, -0.2) is 43.1 Å². The van der Waals surface area contributed by atoms with Gasteiger partial charge in [0.1, 0.15) is 12.1 Å². The van der Waals surface area contributed by atoms with Gasteiger partial charge in [-0.15, -0.1) is 0 Å². The van der Waals surface area contributed by atoms with Gasteiger partial charge in [0.25, 0.3) is 0 Å². The number of aromatic nitrogens is 2. The fraction of sp³-hybridized carbons (Fsp3) is 0.444. The van der Waals surface area contributed by atoms with Crippen LogP contribution in [-0.2, 0) is 17.1 Å². The van der Waals surface area contributed by atoms with Gasteiger partial charge in [-0.25, -0.2) is 4.39 Å². The minimum absolute atomic E-state index is 0.0793. The maximum Gasteiger partial charge on any atom is 0.416 e. The summed E-state index contributed by atoms with van der Waals surface area (Å²) in [4.78, 5) is 1.74. The summed E-state index contributed by atoms with van der Waals surface area (Å²) in [5.74, 6) is -0.986. The van der Waals surface area contributed by atoms with Gasteiger partial charge < -0.3 is 9.84 Å². The monoisotopic (exact) mass is 685 g/mol. The number of H-pyrrole nitrogens is 1. The molecule has 5 nitrogen and oxygen atoms in total. The van der Waals surface area contributed by atoms with E-state index in [1.54, 1.807) is 36.4 Å². The second-order valence-corrected chi connectivity index (χ2v) is 11.2. The average molecular weight is 685 g/mol. The maximum atomic E-state index is 13.7. The van der Waals surface area contributed by atoms with E-state index in [9.17, 15) is 35.8 Å². The van der Waals surface area contributed by atoms with Crippen LogP contribution < -0.4 is 0 Å². The lowest BCUT2D eigenvalue weighted by molar-refractivity contribution is -0.143. The second kappa shape index (κ2) is 11.9. The van der Waals surface area contributed by atoms with Crippen LogP contribution in [0.25, 0.3) is 5.57 Å². The van der Waals surface area contributed by atoms with Crippen LogP contribution >= 0.6 is 22.6 Å². The van der Waals surface area contributed by atoms with Gasteiger partial charge in [-0.2, -0.15) is 31.4 Å². The first-order valence-corrected chi connectivity index (χ1v) is 13.6. The summed E-state index contributed by atoms with van der Waals surface area (Å²) in [5, 5.41) is 17.7. The zero-order valence-corrected chi connectivity index (χ0v) is 23.5. The number of benzene rings is 1. The molecule has 0 radical (unpaired) electrons. The van der Waals surface area contributed by atoms with E-state index in [4.69, 9.17) is 4.74 Å². The number of aliphatic hydroxyl groups is 1. The molecule has 218 valence electrons. The van der Waals surface area contributed by atoms with Gasteiger partial charge in [0.2, 0.25) is 0 Å². The summed E-state index contributed by atoms with van der Waals surface area (Å²) in [6, 6.07) is 1.40. The van der Waals surface area contributed by atoms with Gasteiger partial charge in [-0.1, -0.05) is 28.7 Å². The Bertz CT molecular complexity index is 1240. The van der Waals surface area contributed by atoms with Gasteiger partial charge in [-0.05, 0) is 73.7 Å². The van der Waals surface area contributed by atoms with E-state index in [-0.39, 0.29) is 34.1 Å². The van der Waals surface area contributed by atoms with Gasteiger partial charge >= 0.3 is 12.4 Å². The number of hydrogen-bond donors (Lipinski definition) is 2. The molecule has 13 heteroatoms. The fourth-order valence-electron chi connectivity index (χ4n) is 5.03. The van der Waals surface area contributed by atoms with Crippen molar-refractivity contribution >= 4 is 28.2 Å². The van der Waals surface area contributed by atoms with Crippen LogP contribution in [0.15, 0.2) is 60.7 Å². The van der Waals surface area contributed by atoms with Crippen LogP contribution in [0.2, 0.25) is 0 Å². The maximum absolute atomic E-state index is 13.7. The first-order valence-electron chi connectivity index (χ1n) is 12.4. The molecular weight excluding hydrogens is 658 g/mol. The second-order valence-electron chi connectivity index (χ2n) is 9.90. The van der Waals surface area contributed by atoms with Gasteiger partial charge in [0.05, 0.1) is 33.6 Å².